The van der Waals surface area contributed by atoms with Gasteiger partial charge in [-0.15, -0.1) is 0 Å². The zero-order valence-corrected chi connectivity index (χ0v) is 15.4. The van der Waals surface area contributed by atoms with Crippen LogP contribution in [0.1, 0.15) is 54.8 Å². The number of ether oxygens (including phenoxy) is 1. The van der Waals surface area contributed by atoms with Gasteiger partial charge in [0.05, 0.1) is 12.8 Å². The lowest BCUT2D eigenvalue weighted by molar-refractivity contribution is 0.406. The minimum absolute atomic E-state index is 0.0163. The van der Waals surface area contributed by atoms with Gasteiger partial charge in [-0.2, -0.15) is 5.10 Å². The van der Waals surface area contributed by atoms with E-state index in [-0.39, 0.29) is 11.3 Å². The molecule has 2 rings (SSSR count). The number of nitrogens with two attached hydrogens (primary N) is 1. The van der Waals surface area contributed by atoms with Gasteiger partial charge in [-0.05, 0) is 37.1 Å². The predicted octanol–water partition coefficient (Wildman–Crippen LogP) is 3.43. The summed E-state index contributed by atoms with van der Waals surface area (Å²) in [6.45, 7) is 11.3. The number of benzene rings is 1. The van der Waals surface area contributed by atoms with Crippen LogP contribution in [0.15, 0.2) is 18.2 Å². The van der Waals surface area contributed by atoms with Gasteiger partial charge in [-0.1, -0.05) is 26.8 Å². The van der Waals surface area contributed by atoms with Crippen molar-refractivity contribution < 1.29 is 4.74 Å². The van der Waals surface area contributed by atoms with E-state index in [1.54, 1.807) is 7.11 Å². The Morgan fingerprint density at radius 2 is 1.78 bits per heavy atom. The first-order valence-electron chi connectivity index (χ1n) is 8.08. The molecule has 0 bridgehead atoms. The van der Waals surface area contributed by atoms with E-state index in [9.17, 15) is 0 Å². The van der Waals surface area contributed by atoms with Gasteiger partial charge in [-0.25, -0.2) is 0 Å². The van der Waals surface area contributed by atoms with Crippen molar-refractivity contribution in [3.63, 3.8) is 0 Å². The number of hydrogen-bond acceptors (Lipinski definition) is 3. The highest BCUT2D eigenvalue weighted by atomic mass is 16.5. The fraction of sp³-hybridized carbons (Fsp3) is 0.526. The summed E-state index contributed by atoms with van der Waals surface area (Å²) in [6, 6.07) is 6.45. The molecule has 1 unspecified atom stereocenters. The van der Waals surface area contributed by atoms with Crippen molar-refractivity contribution >= 4 is 0 Å². The Hall–Kier alpha value is -1.81. The third-order valence-corrected chi connectivity index (χ3v) is 4.50. The maximum absolute atomic E-state index is 6.14. The highest BCUT2D eigenvalue weighted by Crippen LogP contribution is 2.35. The Bertz CT molecular complexity index is 695. The summed E-state index contributed by atoms with van der Waals surface area (Å²) in [6.07, 6.45) is 0. The number of aromatic nitrogens is 2. The maximum atomic E-state index is 6.14. The summed E-state index contributed by atoms with van der Waals surface area (Å²) < 4.78 is 7.57. The molecule has 1 aromatic carbocycles. The van der Waals surface area contributed by atoms with Gasteiger partial charge in [-0.3, -0.25) is 4.68 Å². The van der Waals surface area contributed by atoms with Crippen LogP contribution in [0.25, 0.3) is 0 Å². The van der Waals surface area contributed by atoms with Crippen molar-refractivity contribution in [1.29, 1.82) is 0 Å². The van der Waals surface area contributed by atoms with Crippen LogP contribution in [0.2, 0.25) is 0 Å². The van der Waals surface area contributed by atoms with Crippen molar-refractivity contribution in [1.82, 2.24) is 9.78 Å². The van der Waals surface area contributed by atoms with Gasteiger partial charge in [0, 0.05) is 36.2 Å². The van der Waals surface area contributed by atoms with Crippen LogP contribution in [0.3, 0.4) is 0 Å². The Labute approximate surface area is 139 Å². The van der Waals surface area contributed by atoms with Crippen molar-refractivity contribution in [2.45, 2.75) is 46.0 Å². The molecule has 0 aliphatic carbocycles. The molecule has 0 aliphatic rings. The van der Waals surface area contributed by atoms with E-state index >= 15 is 0 Å². The standard InChI is InChI=1S/C19H29N3O/c1-12-8-14(17(23-7)9-13(12)2)15(11-20)16-10-18(19(3,4)5)21-22(16)6/h8-10,15H,11,20H2,1-7H3. The maximum Gasteiger partial charge on any atom is 0.123 e. The molecule has 4 nitrogen and oxygen atoms in total. The average molecular weight is 315 g/mol. The summed E-state index contributed by atoms with van der Waals surface area (Å²) in [4.78, 5) is 0. The molecule has 0 spiro atoms. The second-order valence-corrected chi connectivity index (χ2v) is 7.29. The van der Waals surface area contributed by atoms with Crippen molar-refractivity contribution in [2.24, 2.45) is 12.8 Å². The summed E-state index contributed by atoms with van der Waals surface area (Å²) in [5.41, 5.74) is 12.0. The highest BCUT2D eigenvalue weighted by Gasteiger charge is 2.25. The quantitative estimate of drug-likeness (QED) is 0.940. The van der Waals surface area contributed by atoms with E-state index in [2.05, 4.69) is 52.8 Å². The molecular weight excluding hydrogens is 286 g/mol. The summed E-state index contributed by atoms with van der Waals surface area (Å²) >= 11 is 0. The minimum atomic E-state index is 0.0163. The van der Waals surface area contributed by atoms with E-state index in [1.807, 2.05) is 11.7 Å². The lowest BCUT2D eigenvalue weighted by Gasteiger charge is -2.20. The van der Waals surface area contributed by atoms with Crippen LogP contribution >= 0.6 is 0 Å². The van der Waals surface area contributed by atoms with E-state index in [0.29, 0.717) is 6.54 Å². The number of hydrogen-bond donors (Lipinski definition) is 1. The average Bonchev–Trinajstić information content (AvgIpc) is 2.85. The lowest BCUT2D eigenvalue weighted by atomic mass is 9.88. The van der Waals surface area contributed by atoms with Gasteiger partial charge in [0.1, 0.15) is 5.75 Å². The molecule has 0 fully saturated rings. The summed E-state index contributed by atoms with van der Waals surface area (Å²) in [7, 11) is 3.70. The first-order valence-corrected chi connectivity index (χ1v) is 8.08. The molecule has 1 heterocycles. The second-order valence-electron chi connectivity index (χ2n) is 7.29. The van der Waals surface area contributed by atoms with Crippen LogP contribution < -0.4 is 10.5 Å². The van der Waals surface area contributed by atoms with Gasteiger partial charge in [0.15, 0.2) is 0 Å². The smallest absolute Gasteiger partial charge is 0.123 e. The first kappa shape index (κ1) is 17.5. The van der Waals surface area contributed by atoms with Crippen LogP contribution in [-0.4, -0.2) is 23.4 Å². The van der Waals surface area contributed by atoms with Gasteiger partial charge < -0.3 is 10.5 Å². The number of methoxy groups -OCH3 is 1. The highest BCUT2D eigenvalue weighted by molar-refractivity contribution is 5.47. The Morgan fingerprint density at radius 1 is 1.17 bits per heavy atom. The molecule has 4 heteroatoms. The molecule has 0 amide bonds. The topological polar surface area (TPSA) is 53.1 Å². The summed E-state index contributed by atoms with van der Waals surface area (Å²) in [5, 5.41) is 4.69. The van der Waals surface area contributed by atoms with Crippen LogP contribution in [0.5, 0.6) is 5.75 Å². The van der Waals surface area contributed by atoms with Crippen molar-refractivity contribution in [3.8, 4) is 5.75 Å². The van der Waals surface area contributed by atoms with Crippen LogP contribution in [0.4, 0.5) is 0 Å². The van der Waals surface area contributed by atoms with Gasteiger partial charge in [0.25, 0.3) is 0 Å². The fourth-order valence-electron chi connectivity index (χ4n) is 2.84. The molecule has 2 aromatic rings. The van der Waals surface area contributed by atoms with Gasteiger partial charge >= 0.3 is 0 Å². The Balaban J connectivity index is 2.57. The first-order chi connectivity index (χ1) is 10.7. The molecule has 0 radical (unpaired) electrons. The molecule has 2 N–H and O–H groups in total. The molecule has 23 heavy (non-hydrogen) atoms. The third-order valence-electron chi connectivity index (χ3n) is 4.50. The largest absolute Gasteiger partial charge is 0.496 e. The van der Waals surface area contributed by atoms with E-state index in [1.165, 1.54) is 11.1 Å². The third kappa shape index (κ3) is 3.42. The van der Waals surface area contributed by atoms with E-state index < -0.39 is 0 Å². The zero-order chi connectivity index (χ0) is 17.4. The fourth-order valence-corrected chi connectivity index (χ4v) is 2.84. The van der Waals surface area contributed by atoms with Crippen molar-refractivity contribution in [2.75, 3.05) is 13.7 Å². The molecule has 0 saturated carbocycles. The summed E-state index contributed by atoms with van der Waals surface area (Å²) in [5.74, 6) is 0.958. The normalized spacial score (nSPS) is 13.2. The van der Waals surface area contributed by atoms with E-state index in [0.717, 1.165) is 22.7 Å². The molecule has 126 valence electrons. The Morgan fingerprint density at radius 3 is 2.26 bits per heavy atom. The Kier molecular flexibility index (Phi) is 4.85. The van der Waals surface area contributed by atoms with Crippen LogP contribution in [-0.2, 0) is 12.5 Å². The number of aryl methyl sites for hydroxylation is 3. The van der Waals surface area contributed by atoms with Crippen LogP contribution in [0, 0.1) is 13.8 Å². The predicted molar refractivity (Wildman–Crippen MR) is 95.3 cm³/mol. The number of nitrogens with zero attached hydrogens (tertiary/aromatic N) is 2. The zero-order valence-electron chi connectivity index (χ0n) is 15.4. The monoisotopic (exact) mass is 315 g/mol. The molecule has 0 saturated heterocycles. The lowest BCUT2D eigenvalue weighted by Crippen LogP contribution is -2.18. The van der Waals surface area contributed by atoms with Gasteiger partial charge in [0.2, 0.25) is 0 Å². The second kappa shape index (κ2) is 6.36. The van der Waals surface area contributed by atoms with Crippen molar-refractivity contribution in [3.05, 3.63) is 46.3 Å². The molecular formula is C19H29N3O. The minimum Gasteiger partial charge on any atom is -0.496 e. The molecule has 1 aromatic heterocycles. The number of rotatable bonds is 4. The molecule has 0 aliphatic heterocycles. The molecule has 1 atom stereocenters. The SMILES string of the molecule is COc1cc(C)c(C)cc1C(CN)c1cc(C(C)(C)C)nn1C. The van der Waals surface area contributed by atoms with E-state index in [4.69, 9.17) is 15.6 Å².